The number of benzene rings is 1. The van der Waals surface area contributed by atoms with E-state index in [4.69, 9.17) is 13.9 Å². The summed E-state index contributed by atoms with van der Waals surface area (Å²) in [5.74, 6) is 0.995. The minimum atomic E-state index is -0.396. The lowest BCUT2D eigenvalue weighted by Crippen LogP contribution is -2.12. The van der Waals surface area contributed by atoms with Gasteiger partial charge in [0.25, 0.3) is 0 Å². The van der Waals surface area contributed by atoms with E-state index in [0.717, 1.165) is 28.0 Å². The molecule has 0 bridgehead atoms. The number of carbonyl (C=O) groups is 1. The van der Waals surface area contributed by atoms with Crippen molar-refractivity contribution in [3.05, 3.63) is 74.4 Å². The summed E-state index contributed by atoms with van der Waals surface area (Å²) in [5, 5.41) is 2.76. The van der Waals surface area contributed by atoms with Crippen molar-refractivity contribution in [2.24, 2.45) is 0 Å². The molecule has 1 atom stereocenters. The average Bonchev–Trinajstić information content (AvgIpc) is 3.14. The Morgan fingerprint density at radius 3 is 2.50 bits per heavy atom. The van der Waals surface area contributed by atoms with E-state index in [9.17, 15) is 9.59 Å². The van der Waals surface area contributed by atoms with Crippen molar-refractivity contribution >= 4 is 17.7 Å². The number of rotatable bonds is 5. The molecular weight excluding hydrogens is 382 g/mol. The number of carbonyl (C=O) groups excluding carboxylic acids is 1. The second-order valence-corrected chi connectivity index (χ2v) is 7.53. The summed E-state index contributed by atoms with van der Waals surface area (Å²) in [4.78, 5) is 23.2. The van der Waals surface area contributed by atoms with E-state index in [1.165, 1.54) is 6.92 Å². The predicted octanol–water partition coefficient (Wildman–Crippen LogP) is 4.71. The highest BCUT2D eigenvalue weighted by atomic mass is 16.5. The summed E-state index contributed by atoms with van der Waals surface area (Å²) in [5.41, 5.74) is 4.90. The van der Waals surface area contributed by atoms with Crippen LogP contribution in [0.25, 0.3) is 6.08 Å². The average molecular weight is 409 g/mol. The third-order valence-electron chi connectivity index (χ3n) is 5.03. The topological polar surface area (TPSA) is 77.8 Å². The van der Waals surface area contributed by atoms with Crippen LogP contribution in [0.15, 0.2) is 50.7 Å². The number of hydrogen-bond acceptors (Lipinski definition) is 5. The van der Waals surface area contributed by atoms with Crippen molar-refractivity contribution in [2.45, 2.75) is 40.2 Å². The lowest BCUT2D eigenvalue weighted by molar-refractivity contribution is -0.114. The molecule has 1 aromatic carbocycles. The Morgan fingerprint density at radius 2 is 1.87 bits per heavy atom. The zero-order valence-corrected chi connectivity index (χ0v) is 18.0. The molecule has 1 N–H and O–H groups in total. The molecule has 1 aromatic heterocycles. The molecule has 0 saturated carbocycles. The first-order chi connectivity index (χ1) is 14.3. The van der Waals surface area contributed by atoms with Crippen LogP contribution in [-0.4, -0.2) is 19.6 Å². The number of methoxy groups -OCH3 is 1. The van der Waals surface area contributed by atoms with Crippen molar-refractivity contribution < 1.29 is 18.7 Å². The third-order valence-corrected chi connectivity index (χ3v) is 5.03. The Kier molecular flexibility index (Phi) is 6.57. The molecule has 1 fully saturated rings. The largest absolute Gasteiger partial charge is 0.496 e. The molecule has 1 aliphatic heterocycles. The number of amides is 1. The fraction of sp³-hybridized carbons (Fsp3) is 0.333. The van der Waals surface area contributed by atoms with Gasteiger partial charge < -0.3 is 19.2 Å². The standard InChI is InChI=1S/C24H27NO5/c1-14(10-18-6-8-20(9-7-18)25-17(4)26)11-19-12-21(29-13-19)23-15(2)22(28-5)16(3)24(27)30-23/h6-11,21H,12-13H2,1-5H3,(H,25,26)/b14-10+,19-11-. The molecule has 0 radical (unpaired) electrons. The molecule has 6 heteroatoms. The quantitative estimate of drug-likeness (QED) is 0.773. The minimum absolute atomic E-state index is 0.0905. The fourth-order valence-corrected chi connectivity index (χ4v) is 3.68. The Balaban J connectivity index is 1.75. The van der Waals surface area contributed by atoms with Crippen LogP contribution in [0.2, 0.25) is 0 Å². The van der Waals surface area contributed by atoms with Gasteiger partial charge in [0.1, 0.15) is 17.6 Å². The van der Waals surface area contributed by atoms with E-state index in [-0.39, 0.29) is 12.0 Å². The van der Waals surface area contributed by atoms with Crippen LogP contribution < -0.4 is 15.7 Å². The van der Waals surface area contributed by atoms with Crippen LogP contribution in [0, 0.1) is 13.8 Å². The second kappa shape index (κ2) is 9.13. The van der Waals surface area contributed by atoms with Gasteiger partial charge in [-0.1, -0.05) is 29.9 Å². The molecule has 1 amide bonds. The number of anilines is 1. The van der Waals surface area contributed by atoms with E-state index >= 15 is 0 Å². The van der Waals surface area contributed by atoms with Crippen LogP contribution in [0.3, 0.4) is 0 Å². The zero-order valence-electron chi connectivity index (χ0n) is 18.0. The highest BCUT2D eigenvalue weighted by Gasteiger charge is 2.28. The van der Waals surface area contributed by atoms with Crippen LogP contribution in [-0.2, 0) is 9.53 Å². The van der Waals surface area contributed by atoms with Crippen molar-refractivity contribution in [1.29, 1.82) is 0 Å². The van der Waals surface area contributed by atoms with Crippen LogP contribution in [0.5, 0.6) is 5.75 Å². The van der Waals surface area contributed by atoms with E-state index < -0.39 is 5.63 Å². The van der Waals surface area contributed by atoms with Gasteiger partial charge in [0, 0.05) is 24.6 Å². The molecule has 1 saturated heterocycles. The van der Waals surface area contributed by atoms with Gasteiger partial charge in [-0.3, -0.25) is 4.79 Å². The molecule has 0 spiro atoms. The molecule has 0 aliphatic carbocycles. The monoisotopic (exact) mass is 409 g/mol. The molecule has 30 heavy (non-hydrogen) atoms. The van der Waals surface area contributed by atoms with E-state index in [1.54, 1.807) is 14.0 Å². The normalized spacial score (nSPS) is 18.0. The Labute approximate surface area is 176 Å². The summed E-state index contributed by atoms with van der Waals surface area (Å²) >= 11 is 0. The Hall–Kier alpha value is -3.12. The number of ether oxygens (including phenoxy) is 2. The van der Waals surface area contributed by atoms with Gasteiger partial charge in [-0.25, -0.2) is 4.79 Å². The number of allylic oxidation sites excluding steroid dienone is 2. The highest BCUT2D eigenvalue weighted by molar-refractivity contribution is 5.88. The Bertz CT molecular complexity index is 1060. The zero-order chi connectivity index (χ0) is 21.8. The summed E-state index contributed by atoms with van der Waals surface area (Å²) in [6, 6.07) is 7.66. The second-order valence-electron chi connectivity index (χ2n) is 7.53. The summed E-state index contributed by atoms with van der Waals surface area (Å²) in [7, 11) is 1.55. The van der Waals surface area contributed by atoms with Crippen molar-refractivity contribution in [2.75, 3.05) is 19.0 Å². The predicted molar refractivity (Wildman–Crippen MR) is 117 cm³/mol. The van der Waals surface area contributed by atoms with Crippen LogP contribution in [0.4, 0.5) is 5.69 Å². The molecular formula is C24H27NO5. The molecule has 1 aliphatic rings. The van der Waals surface area contributed by atoms with Gasteiger partial charge in [0.15, 0.2) is 0 Å². The lowest BCUT2D eigenvalue weighted by Gasteiger charge is -2.14. The van der Waals surface area contributed by atoms with Crippen LogP contribution >= 0.6 is 0 Å². The Morgan fingerprint density at radius 1 is 1.17 bits per heavy atom. The summed E-state index contributed by atoms with van der Waals surface area (Å²) in [6.45, 7) is 7.57. The highest BCUT2D eigenvalue weighted by Crippen LogP contribution is 2.37. The minimum Gasteiger partial charge on any atom is -0.496 e. The lowest BCUT2D eigenvalue weighted by atomic mass is 10.0. The maximum Gasteiger partial charge on any atom is 0.342 e. The van der Waals surface area contributed by atoms with Gasteiger partial charge in [-0.05, 0) is 44.0 Å². The van der Waals surface area contributed by atoms with Crippen molar-refractivity contribution in [3.8, 4) is 5.75 Å². The van der Waals surface area contributed by atoms with Gasteiger partial charge in [0.05, 0.1) is 19.3 Å². The molecule has 1 unspecified atom stereocenters. The van der Waals surface area contributed by atoms with E-state index in [1.807, 2.05) is 38.1 Å². The van der Waals surface area contributed by atoms with E-state index in [2.05, 4.69) is 17.5 Å². The molecule has 2 heterocycles. The molecule has 2 aromatic rings. The van der Waals surface area contributed by atoms with Crippen molar-refractivity contribution in [3.63, 3.8) is 0 Å². The number of nitrogens with one attached hydrogen (secondary N) is 1. The fourth-order valence-electron chi connectivity index (χ4n) is 3.68. The first-order valence-corrected chi connectivity index (χ1v) is 9.83. The first kappa shape index (κ1) is 21.6. The maximum atomic E-state index is 12.1. The summed E-state index contributed by atoms with van der Waals surface area (Å²) < 4.78 is 16.8. The smallest absolute Gasteiger partial charge is 0.342 e. The molecule has 3 rings (SSSR count). The SMILES string of the molecule is COc1c(C)c(C2C/C(=C/C(C)=C/c3ccc(NC(C)=O)cc3)CO2)oc(=O)c1C. The van der Waals surface area contributed by atoms with Gasteiger partial charge in [0.2, 0.25) is 5.91 Å². The molecule has 6 nitrogen and oxygen atoms in total. The van der Waals surface area contributed by atoms with Gasteiger partial charge >= 0.3 is 5.63 Å². The first-order valence-electron chi connectivity index (χ1n) is 9.83. The van der Waals surface area contributed by atoms with E-state index in [0.29, 0.717) is 30.1 Å². The van der Waals surface area contributed by atoms with Crippen molar-refractivity contribution in [1.82, 2.24) is 0 Å². The molecule has 158 valence electrons. The maximum absolute atomic E-state index is 12.1. The third kappa shape index (κ3) is 4.89. The van der Waals surface area contributed by atoms with Crippen LogP contribution in [0.1, 0.15) is 48.8 Å². The van der Waals surface area contributed by atoms with Gasteiger partial charge in [-0.2, -0.15) is 0 Å². The number of hydrogen-bond donors (Lipinski definition) is 1. The van der Waals surface area contributed by atoms with Gasteiger partial charge in [-0.15, -0.1) is 0 Å². The summed E-state index contributed by atoms with van der Waals surface area (Å²) in [6.07, 6.45) is 4.52.